The lowest BCUT2D eigenvalue weighted by Gasteiger charge is -2.19. The van der Waals surface area contributed by atoms with E-state index in [1.807, 2.05) is 5.43 Å². The van der Waals surface area contributed by atoms with Gasteiger partial charge in [-0.15, -0.1) is 11.3 Å². The van der Waals surface area contributed by atoms with Crippen LogP contribution in [0, 0.1) is 6.92 Å². The SMILES string of the molecule is Cc1sc(C(=O)NN)cc1COCC(F)(F)C(F)(F)F. The van der Waals surface area contributed by atoms with E-state index >= 15 is 0 Å². The number of carbonyl (C=O) groups excluding carboxylic acids is 1. The Morgan fingerprint density at radius 3 is 2.50 bits per heavy atom. The quantitative estimate of drug-likeness (QED) is 0.379. The second-order valence-corrected chi connectivity index (χ2v) is 5.12. The van der Waals surface area contributed by atoms with E-state index in [-0.39, 0.29) is 4.88 Å². The maximum absolute atomic E-state index is 12.6. The Hall–Kier alpha value is -1.26. The molecule has 4 nitrogen and oxygen atoms in total. The third-order valence-electron chi connectivity index (χ3n) is 2.33. The fourth-order valence-electron chi connectivity index (χ4n) is 1.22. The monoisotopic (exact) mass is 318 g/mol. The normalized spacial score (nSPS) is 12.6. The molecule has 0 radical (unpaired) electrons. The van der Waals surface area contributed by atoms with E-state index in [1.165, 1.54) is 6.07 Å². The van der Waals surface area contributed by atoms with Crippen molar-refractivity contribution in [1.29, 1.82) is 0 Å². The van der Waals surface area contributed by atoms with E-state index in [9.17, 15) is 26.7 Å². The second-order valence-electron chi connectivity index (χ2n) is 3.86. The first-order chi connectivity index (χ1) is 9.08. The fourth-order valence-corrected chi connectivity index (χ4v) is 2.15. The summed E-state index contributed by atoms with van der Waals surface area (Å²) in [5.41, 5.74) is 2.24. The van der Waals surface area contributed by atoms with Crippen LogP contribution in [0.4, 0.5) is 22.0 Å². The summed E-state index contributed by atoms with van der Waals surface area (Å²) < 4.78 is 65.3. The van der Waals surface area contributed by atoms with Gasteiger partial charge in [-0.3, -0.25) is 10.2 Å². The summed E-state index contributed by atoms with van der Waals surface area (Å²) >= 11 is 1.03. The highest BCUT2D eigenvalue weighted by molar-refractivity contribution is 7.14. The van der Waals surface area contributed by atoms with Gasteiger partial charge in [0.2, 0.25) is 0 Å². The minimum Gasteiger partial charge on any atom is -0.370 e. The molecule has 1 heterocycles. The van der Waals surface area contributed by atoms with Crippen molar-refractivity contribution in [3.05, 3.63) is 21.4 Å². The molecule has 0 spiro atoms. The van der Waals surface area contributed by atoms with Crippen LogP contribution in [-0.4, -0.2) is 24.6 Å². The van der Waals surface area contributed by atoms with Gasteiger partial charge in [-0.1, -0.05) is 0 Å². The van der Waals surface area contributed by atoms with Gasteiger partial charge in [0.25, 0.3) is 5.91 Å². The molecule has 0 atom stereocenters. The van der Waals surface area contributed by atoms with Crippen LogP contribution in [0.1, 0.15) is 20.1 Å². The Morgan fingerprint density at radius 1 is 1.40 bits per heavy atom. The molecule has 0 aliphatic carbocycles. The van der Waals surface area contributed by atoms with Crippen LogP contribution in [0.25, 0.3) is 0 Å². The summed E-state index contributed by atoms with van der Waals surface area (Å²) in [6.07, 6.45) is -5.65. The molecule has 0 aromatic carbocycles. The molecule has 0 bridgehead atoms. The van der Waals surface area contributed by atoms with Crippen molar-refractivity contribution in [3.63, 3.8) is 0 Å². The highest BCUT2D eigenvalue weighted by atomic mass is 32.1. The van der Waals surface area contributed by atoms with Crippen LogP contribution in [-0.2, 0) is 11.3 Å². The Morgan fingerprint density at radius 2 is 2.00 bits per heavy atom. The van der Waals surface area contributed by atoms with Gasteiger partial charge >= 0.3 is 12.1 Å². The van der Waals surface area contributed by atoms with Crippen molar-refractivity contribution in [1.82, 2.24) is 5.43 Å². The van der Waals surface area contributed by atoms with Crippen LogP contribution in [0.2, 0.25) is 0 Å². The van der Waals surface area contributed by atoms with Crippen LogP contribution in [0.3, 0.4) is 0 Å². The molecular weight excluding hydrogens is 307 g/mol. The molecular formula is C10H11F5N2O2S. The zero-order chi connectivity index (χ0) is 15.6. The number of ether oxygens (including phenoxy) is 1. The number of hydrogen-bond donors (Lipinski definition) is 2. The Labute approximate surface area is 114 Å². The second kappa shape index (κ2) is 6.02. The lowest BCUT2D eigenvalue weighted by atomic mass is 10.2. The van der Waals surface area contributed by atoms with Gasteiger partial charge in [-0.25, -0.2) is 5.84 Å². The fraction of sp³-hybridized carbons (Fsp3) is 0.500. The number of hydrazine groups is 1. The molecule has 1 aromatic heterocycles. The van der Waals surface area contributed by atoms with E-state index in [0.717, 1.165) is 11.3 Å². The number of nitrogens with one attached hydrogen (secondary N) is 1. The topological polar surface area (TPSA) is 64.4 Å². The molecule has 1 rings (SSSR count). The average Bonchev–Trinajstić information content (AvgIpc) is 2.68. The standard InChI is InChI=1S/C10H11F5N2O2S/c1-5-6(2-7(20-5)8(18)17-16)3-19-4-9(11,12)10(13,14)15/h2H,3-4,16H2,1H3,(H,17,18). The number of hydrogen-bond acceptors (Lipinski definition) is 4. The number of amides is 1. The number of nitrogen functional groups attached to an aromatic ring is 1. The lowest BCUT2D eigenvalue weighted by Crippen LogP contribution is -2.40. The van der Waals surface area contributed by atoms with Crippen LogP contribution < -0.4 is 11.3 Å². The third kappa shape index (κ3) is 3.87. The summed E-state index contributed by atoms with van der Waals surface area (Å²) in [7, 11) is 0. The molecule has 0 saturated heterocycles. The zero-order valence-corrected chi connectivity index (χ0v) is 11.0. The van der Waals surface area contributed by atoms with Gasteiger partial charge in [0.15, 0.2) is 0 Å². The molecule has 20 heavy (non-hydrogen) atoms. The van der Waals surface area contributed by atoms with Crippen molar-refractivity contribution >= 4 is 17.2 Å². The predicted octanol–water partition coefficient (Wildman–Crippen LogP) is 2.37. The van der Waals surface area contributed by atoms with Crippen molar-refractivity contribution in [2.24, 2.45) is 5.84 Å². The first kappa shape index (κ1) is 16.8. The van der Waals surface area contributed by atoms with Gasteiger partial charge in [0.05, 0.1) is 11.5 Å². The number of rotatable bonds is 5. The maximum Gasteiger partial charge on any atom is 0.455 e. The smallest absolute Gasteiger partial charge is 0.370 e. The molecule has 0 saturated carbocycles. The van der Waals surface area contributed by atoms with Crippen molar-refractivity contribution in [2.75, 3.05) is 6.61 Å². The number of thiophene rings is 1. The predicted molar refractivity (Wildman–Crippen MR) is 61.4 cm³/mol. The lowest BCUT2D eigenvalue weighted by molar-refractivity contribution is -0.297. The minimum atomic E-state index is -5.65. The summed E-state index contributed by atoms with van der Waals surface area (Å²) in [5.74, 6) is -0.567. The highest BCUT2D eigenvalue weighted by Crippen LogP contribution is 2.35. The average molecular weight is 318 g/mol. The minimum absolute atomic E-state index is 0.214. The number of nitrogens with two attached hydrogens (primary N) is 1. The number of carbonyl (C=O) groups is 1. The van der Waals surface area contributed by atoms with Crippen LogP contribution >= 0.6 is 11.3 Å². The van der Waals surface area contributed by atoms with Crippen molar-refractivity contribution < 1.29 is 31.5 Å². The largest absolute Gasteiger partial charge is 0.455 e. The number of halogens is 5. The summed E-state index contributed by atoms with van der Waals surface area (Å²) in [6.45, 7) is -0.644. The van der Waals surface area contributed by atoms with E-state index in [4.69, 9.17) is 5.84 Å². The van der Waals surface area contributed by atoms with Gasteiger partial charge in [-0.2, -0.15) is 22.0 Å². The van der Waals surface area contributed by atoms with Gasteiger partial charge in [0.1, 0.15) is 6.61 Å². The van der Waals surface area contributed by atoms with Crippen molar-refractivity contribution in [2.45, 2.75) is 25.6 Å². The van der Waals surface area contributed by atoms with Gasteiger partial charge in [0, 0.05) is 4.88 Å². The number of alkyl halides is 5. The van der Waals surface area contributed by atoms with Crippen LogP contribution in [0.15, 0.2) is 6.07 Å². The first-order valence-corrected chi connectivity index (χ1v) is 6.02. The van der Waals surface area contributed by atoms with E-state index in [0.29, 0.717) is 10.4 Å². The molecule has 0 aliphatic heterocycles. The summed E-state index contributed by atoms with van der Waals surface area (Å²) in [6, 6.07) is 1.33. The molecule has 3 N–H and O–H groups in total. The Bertz CT molecular complexity index is 486. The Balaban J connectivity index is 2.63. The van der Waals surface area contributed by atoms with Crippen molar-refractivity contribution in [3.8, 4) is 0 Å². The highest BCUT2D eigenvalue weighted by Gasteiger charge is 2.57. The molecule has 0 fully saturated rings. The molecule has 1 aromatic rings. The zero-order valence-electron chi connectivity index (χ0n) is 10.2. The Kier molecular flexibility index (Phi) is 5.05. The van der Waals surface area contributed by atoms with Crippen LogP contribution in [0.5, 0.6) is 0 Å². The summed E-state index contributed by atoms with van der Waals surface area (Å²) in [4.78, 5) is 12.0. The van der Waals surface area contributed by atoms with E-state index < -0.39 is 31.2 Å². The maximum atomic E-state index is 12.6. The molecule has 10 heteroatoms. The third-order valence-corrected chi connectivity index (χ3v) is 3.42. The van der Waals surface area contributed by atoms with Gasteiger partial charge < -0.3 is 4.74 Å². The number of aryl methyl sites for hydroxylation is 1. The first-order valence-electron chi connectivity index (χ1n) is 5.21. The molecule has 0 aliphatic rings. The molecule has 0 unspecified atom stereocenters. The molecule has 1 amide bonds. The van der Waals surface area contributed by atoms with E-state index in [1.54, 1.807) is 6.92 Å². The van der Waals surface area contributed by atoms with E-state index in [2.05, 4.69) is 4.74 Å². The molecule has 114 valence electrons. The van der Waals surface area contributed by atoms with Gasteiger partial charge in [-0.05, 0) is 18.6 Å². The summed E-state index contributed by atoms with van der Waals surface area (Å²) in [5, 5.41) is 0.